The Kier molecular flexibility index (Phi) is 4.50. The Morgan fingerprint density at radius 2 is 2.21 bits per heavy atom. The second kappa shape index (κ2) is 5.95. The van der Waals surface area contributed by atoms with Gasteiger partial charge in [0.25, 0.3) is 0 Å². The van der Waals surface area contributed by atoms with Gasteiger partial charge in [-0.05, 0) is 29.9 Å². The first-order valence-corrected chi connectivity index (χ1v) is 7.78. The number of nitrogens with one attached hydrogen (secondary N) is 1. The van der Waals surface area contributed by atoms with Crippen LogP contribution in [0.5, 0.6) is 5.75 Å². The van der Waals surface area contributed by atoms with Crippen molar-refractivity contribution >= 4 is 27.5 Å². The summed E-state index contributed by atoms with van der Waals surface area (Å²) in [5, 5.41) is 3.91. The molecule has 0 atom stereocenters. The molecule has 3 nitrogen and oxygen atoms in total. The lowest BCUT2D eigenvalue weighted by molar-refractivity contribution is -0.116. The molecule has 1 aliphatic rings. The number of carbonyl (C=O) groups excluding carboxylic acids is 1. The van der Waals surface area contributed by atoms with Crippen molar-refractivity contribution in [1.82, 2.24) is 0 Å². The minimum absolute atomic E-state index is 0.0167. The zero-order valence-corrected chi connectivity index (χ0v) is 13.0. The maximum atomic E-state index is 11.7. The Hall–Kier alpha value is -1.03. The largest absolute Gasteiger partial charge is 0.493 e. The number of hydrogen-bond donors (Lipinski definition) is 1. The Morgan fingerprint density at radius 1 is 1.42 bits per heavy atom. The molecular weight excluding hydrogens is 306 g/mol. The summed E-state index contributed by atoms with van der Waals surface area (Å²) in [4.78, 5) is 11.7. The summed E-state index contributed by atoms with van der Waals surface area (Å²) >= 11 is 3.38. The third-order valence-corrected chi connectivity index (χ3v) is 4.08. The molecule has 1 amide bonds. The molecule has 19 heavy (non-hydrogen) atoms. The van der Waals surface area contributed by atoms with Crippen LogP contribution in [0.2, 0.25) is 0 Å². The fraction of sp³-hybridized carbons (Fsp3) is 0.533. The predicted molar refractivity (Wildman–Crippen MR) is 81.2 cm³/mol. The van der Waals surface area contributed by atoms with Gasteiger partial charge in [-0.25, -0.2) is 0 Å². The van der Waals surface area contributed by atoms with Crippen molar-refractivity contribution < 1.29 is 9.53 Å². The molecule has 1 heterocycles. The monoisotopic (exact) mass is 325 g/mol. The molecule has 104 valence electrons. The maximum Gasteiger partial charge on any atom is 0.224 e. The third kappa shape index (κ3) is 3.50. The molecule has 0 bridgehead atoms. The van der Waals surface area contributed by atoms with Crippen LogP contribution in [0.25, 0.3) is 0 Å². The molecule has 0 fully saturated rings. The topological polar surface area (TPSA) is 38.3 Å². The summed E-state index contributed by atoms with van der Waals surface area (Å²) < 4.78 is 5.68. The molecule has 0 radical (unpaired) electrons. The van der Waals surface area contributed by atoms with Gasteiger partial charge in [-0.1, -0.05) is 35.8 Å². The van der Waals surface area contributed by atoms with Gasteiger partial charge in [-0.3, -0.25) is 4.79 Å². The van der Waals surface area contributed by atoms with Gasteiger partial charge >= 0.3 is 0 Å². The molecular formula is C15H20BrNO2. The Bertz CT molecular complexity index is 471. The van der Waals surface area contributed by atoms with E-state index in [2.05, 4.69) is 41.2 Å². The maximum absolute atomic E-state index is 11.7. The van der Waals surface area contributed by atoms with Crippen LogP contribution >= 0.6 is 15.9 Å². The van der Waals surface area contributed by atoms with E-state index in [0.29, 0.717) is 13.0 Å². The SMILES string of the molecule is CC1(C)CCC(=O)Nc2cc(OCCCBr)ccc21. The van der Waals surface area contributed by atoms with Crippen molar-refractivity contribution in [3.8, 4) is 5.75 Å². The highest BCUT2D eigenvalue weighted by molar-refractivity contribution is 9.09. The van der Waals surface area contributed by atoms with Gasteiger partial charge in [-0.15, -0.1) is 0 Å². The average molecular weight is 326 g/mol. The molecule has 0 aliphatic carbocycles. The van der Waals surface area contributed by atoms with Crippen molar-refractivity contribution in [3.05, 3.63) is 23.8 Å². The Labute approximate surface area is 122 Å². The third-order valence-electron chi connectivity index (χ3n) is 3.52. The van der Waals surface area contributed by atoms with Gasteiger partial charge in [0.05, 0.1) is 6.61 Å². The van der Waals surface area contributed by atoms with E-state index < -0.39 is 0 Å². The van der Waals surface area contributed by atoms with E-state index in [1.54, 1.807) is 0 Å². The molecule has 0 saturated heterocycles. The van der Waals surface area contributed by atoms with Crippen molar-refractivity contribution in [2.45, 2.75) is 38.5 Å². The lowest BCUT2D eigenvalue weighted by Crippen LogP contribution is -2.16. The number of alkyl halides is 1. The fourth-order valence-corrected chi connectivity index (χ4v) is 2.55. The number of benzene rings is 1. The molecule has 2 rings (SSSR count). The van der Waals surface area contributed by atoms with Crippen LogP contribution in [0.15, 0.2) is 18.2 Å². The van der Waals surface area contributed by atoms with Gasteiger partial charge in [0.15, 0.2) is 0 Å². The van der Waals surface area contributed by atoms with E-state index in [-0.39, 0.29) is 11.3 Å². The normalized spacial score (nSPS) is 17.3. The summed E-state index contributed by atoms with van der Waals surface area (Å²) in [5.41, 5.74) is 2.10. The van der Waals surface area contributed by atoms with Crippen LogP contribution in [-0.2, 0) is 10.2 Å². The van der Waals surface area contributed by atoms with Crippen LogP contribution in [-0.4, -0.2) is 17.8 Å². The minimum Gasteiger partial charge on any atom is -0.493 e. The molecule has 1 aromatic carbocycles. The molecule has 0 aromatic heterocycles. The number of anilines is 1. The van der Waals surface area contributed by atoms with Crippen molar-refractivity contribution in [2.75, 3.05) is 17.3 Å². The second-order valence-corrected chi connectivity index (χ2v) is 6.32. The van der Waals surface area contributed by atoms with Gasteiger partial charge in [0, 0.05) is 23.5 Å². The van der Waals surface area contributed by atoms with Gasteiger partial charge in [-0.2, -0.15) is 0 Å². The number of rotatable bonds is 4. The molecule has 0 saturated carbocycles. The van der Waals surface area contributed by atoms with E-state index in [1.807, 2.05) is 12.1 Å². The lowest BCUT2D eigenvalue weighted by atomic mass is 9.80. The Balaban J connectivity index is 2.24. The summed E-state index contributed by atoms with van der Waals surface area (Å²) in [6.45, 7) is 5.04. The van der Waals surface area contributed by atoms with E-state index in [1.165, 1.54) is 5.56 Å². The van der Waals surface area contributed by atoms with Gasteiger partial charge < -0.3 is 10.1 Å². The van der Waals surface area contributed by atoms with Crippen LogP contribution in [0.3, 0.4) is 0 Å². The summed E-state index contributed by atoms with van der Waals surface area (Å²) in [7, 11) is 0. The number of fused-ring (bicyclic) bond motifs is 1. The molecule has 0 unspecified atom stereocenters. The first kappa shape index (κ1) is 14.4. The minimum atomic E-state index is 0.0167. The number of hydrogen-bond acceptors (Lipinski definition) is 2. The molecule has 0 spiro atoms. The lowest BCUT2D eigenvalue weighted by Gasteiger charge is -2.24. The van der Waals surface area contributed by atoms with Crippen molar-refractivity contribution in [2.24, 2.45) is 0 Å². The second-order valence-electron chi connectivity index (χ2n) is 5.53. The molecule has 4 heteroatoms. The highest BCUT2D eigenvalue weighted by atomic mass is 79.9. The fourth-order valence-electron chi connectivity index (χ4n) is 2.32. The van der Waals surface area contributed by atoms with Crippen LogP contribution in [0, 0.1) is 0 Å². The smallest absolute Gasteiger partial charge is 0.224 e. The molecule has 1 aromatic rings. The Morgan fingerprint density at radius 3 is 2.95 bits per heavy atom. The van der Waals surface area contributed by atoms with Crippen LogP contribution < -0.4 is 10.1 Å². The number of halogens is 1. The zero-order valence-electron chi connectivity index (χ0n) is 11.5. The number of carbonyl (C=O) groups is 1. The van der Waals surface area contributed by atoms with Crippen molar-refractivity contribution in [3.63, 3.8) is 0 Å². The highest BCUT2D eigenvalue weighted by Gasteiger charge is 2.28. The van der Waals surface area contributed by atoms with E-state index in [4.69, 9.17) is 4.74 Å². The average Bonchev–Trinajstić information content (AvgIpc) is 2.47. The van der Waals surface area contributed by atoms with Crippen molar-refractivity contribution in [1.29, 1.82) is 0 Å². The van der Waals surface area contributed by atoms with E-state index >= 15 is 0 Å². The van der Waals surface area contributed by atoms with E-state index in [9.17, 15) is 4.79 Å². The quantitative estimate of drug-likeness (QED) is 0.674. The zero-order chi connectivity index (χ0) is 13.9. The van der Waals surface area contributed by atoms with Crippen LogP contribution in [0.4, 0.5) is 5.69 Å². The van der Waals surface area contributed by atoms with Crippen LogP contribution in [0.1, 0.15) is 38.7 Å². The summed E-state index contributed by atoms with van der Waals surface area (Å²) in [5.74, 6) is 0.905. The summed E-state index contributed by atoms with van der Waals surface area (Å²) in [6, 6.07) is 6.01. The summed E-state index contributed by atoms with van der Waals surface area (Å²) in [6.07, 6.45) is 2.41. The molecule has 1 aliphatic heterocycles. The number of ether oxygens (including phenoxy) is 1. The van der Waals surface area contributed by atoms with E-state index in [0.717, 1.165) is 29.6 Å². The van der Waals surface area contributed by atoms with Gasteiger partial charge in [0.2, 0.25) is 5.91 Å². The molecule has 1 N–H and O–H groups in total. The first-order chi connectivity index (χ1) is 9.03. The first-order valence-electron chi connectivity index (χ1n) is 6.66. The predicted octanol–water partition coefficient (Wildman–Crippen LogP) is 3.86. The standard InChI is InChI=1S/C15H20BrNO2/c1-15(2)7-6-14(18)17-13-10-11(4-5-12(13)15)19-9-3-8-16/h4-5,10H,3,6-9H2,1-2H3,(H,17,18). The van der Waals surface area contributed by atoms with Gasteiger partial charge in [0.1, 0.15) is 5.75 Å². The highest BCUT2D eigenvalue weighted by Crippen LogP contribution is 2.38. The number of amides is 1.